The minimum Gasteiger partial charge on any atom is -0.377 e. The first kappa shape index (κ1) is 15.9. The van der Waals surface area contributed by atoms with Gasteiger partial charge in [-0.25, -0.2) is 0 Å². The summed E-state index contributed by atoms with van der Waals surface area (Å²) in [5.74, 6) is -0.372. The van der Waals surface area contributed by atoms with Gasteiger partial charge in [-0.15, -0.1) is 0 Å². The molecule has 1 heterocycles. The minimum absolute atomic E-state index is 0.184. The highest BCUT2D eigenvalue weighted by molar-refractivity contribution is 5.90. The van der Waals surface area contributed by atoms with Crippen LogP contribution in [-0.4, -0.2) is 55.1 Å². The van der Waals surface area contributed by atoms with Crippen LogP contribution in [0.2, 0.25) is 0 Å². The van der Waals surface area contributed by atoms with Gasteiger partial charge in [-0.2, -0.15) is 0 Å². The van der Waals surface area contributed by atoms with E-state index in [1.807, 2.05) is 27.7 Å². The van der Waals surface area contributed by atoms with Crippen LogP contribution in [0.1, 0.15) is 27.7 Å². The Labute approximate surface area is 114 Å². The standard InChI is InChI=1S/C13H25N3O3/c1-5-15-11(17)9-8-19-7-6-16(9)12(18)10(14)13(2,3)4/h9-10H,5-8,14H2,1-4H3,(H,15,17)/t9?,10-/m0/s1. The lowest BCUT2D eigenvalue weighted by molar-refractivity contribution is -0.151. The molecule has 0 aromatic carbocycles. The summed E-state index contributed by atoms with van der Waals surface area (Å²) in [7, 11) is 0. The Kier molecular flexibility index (Phi) is 5.31. The number of ether oxygens (including phenoxy) is 1. The van der Waals surface area contributed by atoms with Crippen molar-refractivity contribution in [2.45, 2.75) is 39.8 Å². The van der Waals surface area contributed by atoms with Gasteiger partial charge in [0.1, 0.15) is 6.04 Å². The first-order valence-electron chi connectivity index (χ1n) is 6.70. The number of rotatable bonds is 3. The maximum Gasteiger partial charge on any atom is 0.245 e. The molecule has 0 aliphatic carbocycles. The number of hydrogen-bond donors (Lipinski definition) is 2. The smallest absolute Gasteiger partial charge is 0.245 e. The zero-order valence-electron chi connectivity index (χ0n) is 12.2. The summed E-state index contributed by atoms with van der Waals surface area (Å²) in [5, 5.41) is 2.72. The van der Waals surface area contributed by atoms with Gasteiger partial charge in [-0.05, 0) is 12.3 Å². The van der Waals surface area contributed by atoms with Crippen molar-refractivity contribution in [3.63, 3.8) is 0 Å². The average Bonchev–Trinajstić information content (AvgIpc) is 2.36. The van der Waals surface area contributed by atoms with Gasteiger partial charge in [-0.1, -0.05) is 20.8 Å². The molecule has 0 spiro atoms. The van der Waals surface area contributed by atoms with Gasteiger partial charge in [0, 0.05) is 13.1 Å². The topological polar surface area (TPSA) is 84.7 Å². The summed E-state index contributed by atoms with van der Waals surface area (Å²) >= 11 is 0. The van der Waals surface area contributed by atoms with Crippen LogP contribution in [0, 0.1) is 5.41 Å². The van der Waals surface area contributed by atoms with Gasteiger partial charge in [0.05, 0.1) is 19.3 Å². The molecule has 6 nitrogen and oxygen atoms in total. The van der Waals surface area contributed by atoms with E-state index in [2.05, 4.69) is 5.32 Å². The zero-order chi connectivity index (χ0) is 14.6. The highest BCUT2D eigenvalue weighted by Gasteiger charge is 2.38. The lowest BCUT2D eigenvalue weighted by Gasteiger charge is -2.38. The Morgan fingerprint density at radius 2 is 2.11 bits per heavy atom. The number of likely N-dealkylation sites (N-methyl/N-ethyl adjacent to an activating group) is 1. The predicted molar refractivity (Wildman–Crippen MR) is 72.4 cm³/mol. The molecule has 0 radical (unpaired) electrons. The monoisotopic (exact) mass is 271 g/mol. The van der Waals surface area contributed by atoms with Gasteiger partial charge >= 0.3 is 0 Å². The van der Waals surface area contributed by atoms with E-state index in [1.165, 1.54) is 0 Å². The second-order valence-electron chi connectivity index (χ2n) is 5.86. The molecule has 2 amide bonds. The van der Waals surface area contributed by atoms with Gasteiger partial charge in [0.25, 0.3) is 0 Å². The summed E-state index contributed by atoms with van der Waals surface area (Å²) in [6, 6.07) is -1.20. The van der Waals surface area contributed by atoms with E-state index in [4.69, 9.17) is 10.5 Å². The third-order valence-electron chi connectivity index (χ3n) is 3.26. The second-order valence-corrected chi connectivity index (χ2v) is 5.86. The molecule has 1 aliphatic rings. The Morgan fingerprint density at radius 1 is 1.47 bits per heavy atom. The molecule has 3 N–H and O–H groups in total. The molecule has 1 fully saturated rings. The van der Waals surface area contributed by atoms with Crippen LogP contribution in [0.25, 0.3) is 0 Å². The second kappa shape index (κ2) is 6.34. The van der Waals surface area contributed by atoms with E-state index >= 15 is 0 Å². The summed E-state index contributed by atoms with van der Waals surface area (Å²) in [6.45, 7) is 9.19. The van der Waals surface area contributed by atoms with E-state index in [1.54, 1.807) is 4.90 Å². The van der Waals surface area contributed by atoms with E-state index < -0.39 is 12.1 Å². The largest absolute Gasteiger partial charge is 0.377 e. The number of carbonyl (C=O) groups is 2. The third-order valence-corrected chi connectivity index (χ3v) is 3.26. The van der Waals surface area contributed by atoms with E-state index in [-0.39, 0.29) is 23.8 Å². The summed E-state index contributed by atoms with van der Waals surface area (Å²) in [6.07, 6.45) is 0. The van der Waals surface area contributed by atoms with Crippen molar-refractivity contribution in [2.24, 2.45) is 11.1 Å². The fourth-order valence-corrected chi connectivity index (χ4v) is 1.93. The lowest BCUT2D eigenvalue weighted by Crippen LogP contribution is -2.61. The number of hydrogen-bond acceptors (Lipinski definition) is 4. The van der Waals surface area contributed by atoms with Crippen LogP contribution in [0.5, 0.6) is 0 Å². The number of morpholine rings is 1. The highest BCUT2D eigenvalue weighted by atomic mass is 16.5. The van der Waals surface area contributed by atoms with Crippen LogP contribution < -0.4 is 11.1 Å². The summed E-state index contributed by atoms with van der Waals surface area (Å²) in [5.41, 5.74) is 5.67. The lowest BCUT2D eigenvalue weighted by atomic mass is 9.86. The van der Waals surface area contributed by atoms with Crippen molar-refractivity contribution >= 4 is 11.8 Å². The fourth-order valence-electron chi connectivity index (χ4n) is 1.93. The maximum absolute atomic E-state index is 12.4. The molecule has 0 saturated carbocycles. The summed E-state index contributed by atoms with van der Waals surface area (Å²) in [4.78, 5) is 25.9. The van der Waals surface area contributed by atoms with Crippen LogP contribution >= 0.6 is 0 Å². The molecule has 0 aromatic rings. The molecule has 0 aromatic heterocycles. The molecule has 6 heteroatoms. The molecule has 1 unspecified atom stereocenters. The Morgan fingerprint density at radius 3 is 2.63 bits per heavy atom. The first-order valence-corrected chi connectivity index (χ1v) is 6.70. The van der Waals surface area contributed by atoms with Crippen molar-refractivity contribution in [1.82, 2.24) is 10.2 Å². The number of amides is 2. The predicted octanol–water partition coefficient (Wildman–Crippen LogP) is -0.277. The molecule has 2 atom stereocenters. The van der Waals surface area contributed by atoms with Crippen LogP contribution in [0.3, 0.4) is 0 Å². The van der Waals surface area contributed by atoms with E-state index in [9.17, 15) is 9.59 Å². The average molecular weight is 271 g/mol. The van der Waals surface area contributed by atoms with Crippen molar-refractivity contribution < 1.29 is 14.3 Å². The normalized spacial score (nSPS) is 21.9. The maximum atomic E-state index is 12.4. The Hall–Kier alpha value is -1.14. The summed E-state index contributed by atoms with van der Waals surface area (Å²) < 4.78 is 5.30. The highest BCUT2D eigenvalue weighted by Crippen LogP contribution is 2.21. The number of carbonyl (C=O) groups excluding carboxylic acids is 2. The van der Waals surface area contributed by atoms with Gasteiger partial charge < -0.3 is 20.7 Å². The number of nitrogens with zero attached hydrogens (tertiary/aromatic N) is 1. The molecule has 110 valence electrons. The molecular formula is C13H25N3O3. The molecule has 1 rings (SSSR count). The van der Waals surface area contributed by atoms with Gasteiger partial charge in [-0.3, -0.25) is 9.59 Å². The van der Waals surface area contributed by atoms with Crippen molar-refractivity contribution in [3.8, 4) is 0 Å². The van der Waals surface area contributed by atoms with Gasteiger partial charge in [0.15, 0.2) is 0 Å². The van der Waals surface area contributed by atoms with Crippen LogP contribution in [0.4, 0.5) is 0 Å². The van der Waals surface area contributed by atoms with E-state index in [0.717, 1.165) is 0 Å². The minimum atomic E-state index is -0.623. The zero-order valence-corrected chi connectivity index (χ0v) is 12.2. The van der Waals surface area contributed by atoms with Crippen molar-refractivity contribution in [1.29, 1.82) is 0 Å². The van der Waals surface area contributed by atoms with E-state index in [0.29, 0.717) is 19.7 Å². The fraction of sp³-hybridized carbons (Fsp3) is 0.846. The number of nitrogens with two attached hydrogens (primary N) is 1. The van der Waals surface area contributed by atoms with Crippen LogP contribution in [-0.2, 0) is 14.3 Å². The molecular weight excluding hydrogens is 246 g/mol. The Bertz CT molecular complexity index is 339. The quantitative estimate of drug-likeness (QED) is 0.739. The first-order chi connectivity index (χ1) is 8.79. The van der Waals surface area contributed by atoms with Gasteiger partial charge in [0.2, 0.25) is 11.8 Å². The molecule has 1 saturated heterocycles. The molecule has 19 heavy (non-hydrogen) atoms. The molecule has 1 aliphatic heterocycles. The third kappa shape index (κ3) is 3.91. The SMILES string of the molecule is CCNC(=O)C1COCCN1C(=O)[C@H](N)C(C)(C)C. The van der Waals surface area contributed by atoms with Crippen LogP contribution in [0.15, 0.2) is 0 Å². The number of nitrogens with one attached hydrogen (secondary N) is 1. The van der Waals surface area contributed by atoms with Crippen molar-refractivity contribution in [2.75, 3.05) is 26.3 Å². The van der Waals surface area contributed by atoms with Crippen molar-refractivity contribution in [3.05, 3.63) is 0 Å². The molecule has 0 bridgehead atoms. The Balaban J connectivity index is 2.82.